The molecule has 1 fully saturated rings. The molecule has 1 atom stereocenters. The summed E-state index contributed by atoms with van der Waals surface area (Å²) in [6.07, 6.45) is 5.79. The van der Waals surface area contributed by atoms with E-state index in [9.17, 15) is 0 Å². The fraction of sp³-hybridized carbons (Fsp3) is 0.647. The van der Waals surface area contributed by atoms with Crippen molar-refractivity contribution < 1.29 is 0 Å². The molecule has 1 saturated carbocycles. The maximum absolute atomic E-state index is 2.49. The Morgan fingerprint density at radius 1 is 1.00 bits per heavy atom. The Morgan fingerprint density at radius 2 is 1.50 bits per heavy atom. The normalized spacial score (nSPS) is 18.1. The molecule has 1 heteroatoms. The number of benzene rings is 1. The fourth-order valence-corrected chi connectivity index (χ4v) is 5.12. The van der Waals surface area contributed by atoms with E-state index in [1.54, 1.807) is 5.30 Å². The molecular weight excluding hydrogens is 235 g/mol. The van der Waals surface area contributed by atoms with Gasteiger partial charge < -0.3 is 0 Å². The summed E-state index contributed by atoms with van der Waals surface area (Å²) >= 11 is 0. The molecule has 0 spiro atoms. The highest BCUT2D eigenvalue weighted by Gasteiger charge is 2.32. The second-order valence-corrected chi connectivity index (χ2v) is 8.64. The number of hydrogen-bond acceptors (Lipinski definition) is 0. The van der Waals surface area contributed by atoms with Gasteiger partial charge in [0, 0.05) is 0 Å². The van der Waals surface area contributed by atoms with Crippen molar-refractivity contribution in [3.05, 3.63) is 28.8 Å². The van der Waals surface area contributed by atoms with Crippen LogP contribution in [0.5, 0.6) is 0 Å². The minimum absolute atomic E-state index is 0.487. The summed E-state index contributed by atoms with van der Waals surface area (Å²) in [7, 11) is 0.959. The molecule has 1 aliphatic carbocycles. The summed E-state index contributed by atoms with van der Waals surface area (Å²) in [6, 6.07) is 4.69. The minimum atomic E-state index is 0.487. The third kappa shape index (κ3) is 2.97. The van der Waals surface area contributed by atoms with Crippen molar-refractivity contribution >= 4 is 13.9 Å². The molecule has 0 aliphatic heterocycles. The van der Waals surface area contributed by atoms with Crippen molar-refractivity contribution in [1.29, 1.82) is 0 Å². The predicted molar refractivity (Wildman–Crippen MR) is 84.6 cm³/mol. The molecule has 1 aliphatic rings. The molecule has 100 valence electrons. The minimum Gasteiger partial charge on any atom is -0.0837 e. The quantitative estimate of drug-likeness (QED) is 0.681. The Labute approximate surface area is 114 Å². The molecule has 0 aromatic heterocycles. The first-order chi connectivity index (χ1) is 8.40. The average molecular weight is 262 g/mol. The zero-order valence-corrected chi connectivity index (χ0v) is 13.6. The second kappa shape index (κ2) is 5.33. The topological polar surface area (TPSA) is 0 Å². The molecular formula is C17H27P. The van der Waals surface area contributed by atoms with Crippen LogP contribution in [0.2, 0.25) is 0 Å². The van der Waals surface area contributed by atoms with E-state index in [1.165, 1.54) is 42.4 Å². The monoisotopic (exact) mass is 262 g/mol. The van der Waals surface area contributed by atoms with Crippen LogP contribution in [-0.4, -0.2) is 5.16 Å². The van der Waals surface area contributed by atoms with Crippen LogP contribution in [-0.2, 0) is 0 Å². The summed E-state index contributed by atoms with van der Waals surface area (Å²) in [5.41, 5.74) is 4.39. The molecule has 2 rings (SSSR count). The lowest BCUT2D eigenvalue weighted by Gasteiger charge is -2.33. The van der Waals surface area contributed by atoms with Gasteiger partial charge in [0.25, 0.3) is 0 Å². The van der Waals surface area contributed by atoms with Crippen LogP contribution in [0.15, 0.2) is 12.1 Å². The first kappa shape index (κ1) is 14.1. The van der Waals surface area contributed by atoms with E-state index in [1.807, 2.05) is 0 Å². The Bertz CT molecular complexity index is 402. The Hall–Kier alpha value is -0.350. The van der Waals surface area contributed by atoms with Gasteiger partial charge in [-0.2, -0.15) is 0 Å². The van der Waals surface area contributed by atoms with Gasteiger partial charge in [-0.15, -0.1) is 0 Å². The van der Waals surface area contributed by atoms with Crippen LogP contribution in [0.1, 0.15) is 56.2 Å². The third-order valence-corrected chi connectivity index (χ3v) is 6.59. The number of rotatable bonds is 3. The molecule has 1 aromatic carbocycles. The van der Waals surface area contributed by atoms with E-state index in [0.29, 0.717) is 5.16 Å². The van der Waals surface area contributed by atoms with Gasteiger partial charge in [-0.25, -0.2) is 0 Å². The largest absolute Gasteiger partial charge is 0.0837 e. The molecule has 0 heterocycles. The molecule has 18 heavy (non-hydrogen) atoms. The van der Waals surface area contributed by atoms with Gasteiger partial charge in [-0.3, -0.25) is 0 Å². The van der Waals surface area contributed by atoms with E-state index < -0.39 is 0 Å². The molecule has 0 radical (unpaired) electrons. The van der Waals surface area contributed by atoms with Crippen LogP contribution in [0, 0.1) is 26.7 Å². The van der Waals surface area contributed by atoms with Crippen LogP contribution in [0.25, 0.3) is 0 Å². The van der Waals surface area contributed by atoms with Crippen molar-refractivity contribution in [3.8, 4) is 0 Å². The SMILES string of the molecule is Cc1cc(C)c(PC(C)(C)C2CCCC2)c(C)c1. The highest BCUT2D eigenvalue weighted by molar-refractivity contribution is 7.49. The molecule has 0 saturated heterocycles. The lowest BCUT2D eigenvalue weighted by Crippen LogP contribution is -2.27. The first-order valence-corrected chi connectivity index (χ1v) is 8.26. The summed E-state index contributed by atoms with van der Waals surface area (Å²) in [6.45, 7) is 11.7. The Kier molecular flexibility index (Phi) is 4.17. The lowest BCUT2D eigenvalue weighted by molar-refractivity contribution is 0.434. The second-order valence-electron chi connectivity index (χ2n) is 6.60. The molecule has 0 amide bonds. The number of hydrogen-bond donors (Lipinski definition) is 0. The molecule has 0 bridgehead atoms. The first-order valence-electron chi connectivity index (χ1n) is 7.26. The lowest BCUT2D eigenvalue weighted by atomic mass is 9.93. The molecule has 0 N–H and O–H groups in total. The highest BCUT2D eigenvalue weighted by Crippen LogP contribution is 2.45. The fourth-order valence-electron chi connectivity index (χ4n) is 3.45. The van der Waals surface area contributed by atoms with Gasteiger partial charge >= 0.3 is 0 Å². The Balaban J connectivity index is 2.22. The zero-order chi connectivity index (χ0) is 13.3. The van der Waals surface area contributed by atoms with Crippen molar-refractivity contribution in [2.75, 3.05) is 0 Å². The van der Waals surface area contributed by atoms with E-state index in [2.05, 4.69) is 46.8 Å². The van der Waals surface area contributed by atoms with Crippen molar-refractivity contribution in [1.82, 2.24) is 0 Å². The standard InChI is InChI=1S/C17H27P/c1-12-10-13(2)16(14(3)11-12)18-17(4,5)15-8-6-7-9-15/h10-11,15,18H,6-9H2,1-5H3. The molecule has 1 unspecified atom stereocenters. The van der Waals surface area contributed by atoms with Crippen LogP contribution in [0.4, 0.5) is 0 Å². The highest BCUT2D eigenvalue weighted by atomic mass is 31.1. The van der Waals surface area contributed by atoms with Crippen molar-refractivity contribution in [2.45, 2.75) is 65.5 Å². The maximum Gasteiger partial charge on any atom is -0.0110 e. The molecule has 1 aromatic rings. The van der Waals surface area contributed by atoms with Gasteiger partial charge in [0.1, 0.15) is 0 Å². The summed E-state index contributed by atoms with van der Waals surface area (Å²) in [5, 5.41) is 2.11. The number of aryl methyl sites for hydroxylation is 3. The summed E-state index contributed by atoms with van der Waals surface area (Å²) < 4.78 is 0. The third-order valence-electron chi connectivity index (χ3n) is 4.50. The summed E-state index contributed by atoms with van der Waals surface area (Å²) in [5.74, 6) is 0.941. The van der Waals surface area contributed by atoms with Crippen LogP contribution < -0.4 is 5.30 Å². The van der Waals surface area contributed by atoms with Crippen molar-refractivity contribution in [2.24, 2.45) is 5.92 Å². The van der Waals surface area contributed by atoms with Crippen LogP contribution >= 0.6 is 8.58 Å². The Morgan fingerprint density at radius 3 is 2.00 bits per heavy atom. The molecule has 0 nitrogen and oxygen atoms in total. The van der Waals surface area contributed by atoms with Crippen LogP contribution in [0.3, 0.4) is 0 Å². The van der Waals surface area contributed by atoms with Gasteiger partial charge in [0.15, 0.2) is 0 Å². The zero-order valence-electron chi connectivity index (χ0n) is 12.6. The van der Waals surface area contributed by atoms with E-state index in [-0.39, 0.29) is 0 Å². The van der Waals surface area contributed by atoms with E-state index in [4.69, 9.17) is 0 Å². The van der Waals surface area contributed by atoms with Crippen molar-refractivity contribution in [3.63, 3.8) is 0 Å². The average Bonchev–Trinajstić information content (AvgIpc) is 2.77. The van der Waals surface area contributed by atoms with Gasteiger partial charge in [0.05, 0.1) is 0 Å². The maximum atomic E-state index is 2.49. The van der Waals surface area contributed by atoms with Gasteiger partial charge in [-0.1, -0.05) is 53.0 Å². The van der Waals surface area contributed by atoms with Gasteiger partial charge in [-0.05, 0) is 61.1 Å². The van der Waals surface area contributed by atoms with E-state index >= 15 is 0 Å². The smallest absolute Gasteiger partial charge is 0.0110 e. The summed E-state index contributed by atoms with van der Waals surface area (Å²) in [4.78, 5) is 0. The van der Waals surface area contributed by atoms with E-state index in [0.717, 1.165) is 14.5 Å². The van der Waals surface area contributed by atoms with Gasteiger partial charge in [0.2, 0.25) is 0 Å². The predicted octanol–water partition coefficient (Wildman–Crippen LogP) is 4.88.